The quantitative estimate of drug-likeness (QED) is 0.757. The van der Waals surface area contributed by atoms with Crippen molar-refractivity contribution in [2.24, 2.45) is 23.5 Å². The second kappa shape index (κ2) is 7.74. The van der Waals surface area contributed by atoms with Crippen molar-refractivity contribution in [1.29, 1.82) is 0 Å². The maximum atomic E-state index is 12.2. The molecule has 1 aliphatic carbocycles. The minimum atomic E-state index is 0.112. The summed E-state index contributed by atoms with van der Waals surface area (Å²) in [6.45, 7) is 5.49. The first kappa shape index (κ1) is 15.4. The molecule has 1 amide bonds. The minimum Gasteiger partial charge on any atom is -0.383 e. The van der Waals surface area contributed by atoms with Gasteiger partial charge in [-0.15, -0.1) is 0 Å². The molecule has 3 unspecified atom stereocenters. The van der Waals surface area contributed by atoms with Gasteiger partial charge < -0.3 is 15.8 Å². The Labute approximate surface area is 111 Å². The SMILES string of the molecule is COCC(NC(=O)C1CCCC(CN)C1)C(C)C. The summed E-state index contributed by atoms with van der Waals surface area (Å²) in [4.78, 5) is 12.2. The monoisotopic (exact) mass is 256 g/mol. The van der Waals surface area contributed by atoms with E-state index in [0.29, 0.717) is 25.0 Å². The third-order valence-corrected chi connectivity index (χ3v) is 3.97. The van der Waals surface area contributed by atoms with Gasteiger partial charge in [0, 0.05) is 13.0 Å². The van der Waals surface area contributed by atoms with Crippen LogP contribution in [-0.4, -0.2) is 32.2 Å². The lowest BCUT2D eigenvalue weighted by atomic mass is 9.81. The second-order valence-corrected chi connectivity index (χ2v) is 5.78. The third kappa shape index (κ3) is 4.58. The van der Waals surface area contributed by atoms with Crippen molar-refractivity contribution in [1.82, 2.24) is 5.32 Å². The summed E-state index contributed by atoms with van der Waals surface area (Å²) >= 11 is 0. The Balaban J connectivity index is 2.47. The highest BCUT2D eigenvalue weighted by atomic mass is 16.5. The van der Waals surface area contributed by atoms with Gasteiger partial charge in [-0.2, -0.15) is 0 Å². The molecule has 1 fully saturated rings. The molecule has 0 aromatic rings. The van der Waals surface area contributed by atoms with E-state index in [2.05, 4.69) is 19.2 Å². The molecular weight excluding hydrogens is 228 g/mol. The zero-order valence-corrected chi connectivity index (χ0v) is 11.9. The van der Waals surface area contributed by atoms with Crippen molar-refractivity contribution in [3.05, 3.63) is 0 Å². The first-order chi connectivity index (χ1) is 8.58. The molecule has 3 atom stereocenters. The van der Waals surface area contributed by atoms with Gasteiger partial charge in [0.1, 0.15) is 0 Å². The first-order valence-electron chi connectivity index (χ1n) is 7.07. The van der Waals surface area contributed by atoms with Gasteiger partial charge in [-0.1, -0.05) is 20.3 Å². The molecule has 0 saturated heterocycles. The van der Waals surface area contributed by atoms with E-state index in [-0.39, 0.29) is 17.9 Å². The fourth-order valence-corrected chi connectivity index (χ4v) is 2.62. The molecule has 0 bridgehead atoms. The largest absolute Gasteiger partial charge is 0.383 e. The zero-order chi connectivity index (χ0) is 13.5. The Morgan fingerprint density at radius 3 is 2.72 bits per heavy atom. The van der Waals surface area contributed by atoms with Crippen LogP contribution < -0.4 is 11.1 Å². The summed E-state index contributed by atoms with van der Waals surface area (Å²) in [5.74, 6) is 1.24. The molecule has 4 heteroatoms. The van der Waals surface area contributed by atoms with E-state index in [1.54, 1.807) is 7.11 Å². The van der Waals surface area contributed by atoms with Gasteiger partial charge in [0.2, 0.25) is 5.91 Å². The molecule has 0 spiro atoms. The predicted octanol–water partition coefficient (Wildman–Crippen LogP) is 1.54. The molecule has 3 N–H and O–H groups in total. The molecule has 106 valence electrons. The van der Waals surface area contributed by atoms with E-state index in [1.165, 1.54) is 6.42 Å². The van der Waals surface area contributed by atoms with Crippen LogP contribution in [0, 0.1) is 17.8 Å². The number of nitrogens with one attached hydrogen (secondary N) is 1. The minimum absolute atomic E-state index is 0.112. The van der Waals surface area contributed by atoms with Crippen LogP contribution in [0.1, 0.15) is 39.5 Å². The van der Waals surface area contributed by atoms with Crippen molar-refractivity contribution >= 4 is 5.91 Å². The number of rotatable bonds is 6. The molecule has 4 nitrogen and oxygen atoms in total. The average Bonchev–Trinajstić information content (AvgIpc) is 2.38. The van der Waals surface area contributed by atoms with Gasteiger partial charge in [0.15, 0.2) is 0 Å². The Hall–Kier alpha value is -0.610. The highest BCUT2D eigenvalue weighted by molar-refractivity contribution is 5.79. The van der Waals surface area contributed by atoms with Gasteiger partial charge in [-0.05, 0) is 37.6 Å². The van der Waals surface area contributed by atoms with Crippen LogP contribution in [-0.2, 0) is 9.53 Å². The van der Waals surface area contributed by atoms with Gasteiger partial charge in [0.05, 0.1) is 12.6 Å². The van der Waals surface area contributed by atoms with Crippen LogP contribution in [0.4, 0.5) is 0 Å². The average molecular weight is 256 g/mol. The van der Waals surface area contributed by atoms with Crippen LogP contribution in [0.5, 0.6) is 0 Å². The number of ether oxygens (including phenoxy) is 1. The summed E-state index contributed by atoms with van der Waals surface area (Å²) in [5, 5.41) is 3.13. The Kier molecular flexibility index (Phi) is 6.65. The summed E-state index contributed by atoms with van der Waals surface area (Å²) < 4.78 is 5.16. The molecular formula is C14H28N2O2. The lowest BCUT2D eigenvalue weighted by Crippen LogP contribution is -2.45. The number of hydrogen-bond acceptors (Lipinski definition) is 3. The number of hydrogen-bond donors (Lipinski definition) is 2. The fraction of sp³-hybridized carbons (Fsp3) is 0.929. The van der Waals surface area contributed by atoms with Crippen LogP contribution in [0.25, 0.3) is 0 Å². The predicted molar refractivity (Wildman–Crippen MR) is 73.1 cm³/mol. The second-order valence-electron chi connectivity index (χ2n) is 5.78. The topological polar surface area (TPSA) is 64.3 Å². The summed E-state index contributed by atoms with van der Waals surface area (Å²) in [6, 6.07) is 0.112. The zero-order valence-electron chi connectivity index (χ0n) is 11.9. The van der Waals surface area contributed by atoms with E-state index in [4.69, 9.17) is 10.5 Å². The van der Waals surface area contributed by atoms with Gasteiger partial charge in [-0.25, -0.2) is 0 Å². The van der Waals surface area contributed by atoms with Gasteiger partial charge in [0.25, 0.3) is 0 Å². The van der Waals surface area contributed by atoms with Gasteiger partial charge >= 0.3 is 0 Å². The van der Waals surface area contributed by atoms with Crippen molar-refractivity contribution < 1.29 is 9.53 Å². The smallest absolute Gasteiger partial charge is 0.223 e. The van der Waals surface area contributed by atoms with Crippen molar-refractivity contribution in [2.45, 2.75) is 45.6 Å². The van der Waals surface area contributed by atoms with E-state index in [1.807, 2.05) is 0 Å². The molecule has 1 saturated carbocycles. The molecule has 0 aliphatic heterocycles. The van der Waals surface area contributed by atoms with Crippen molar-refractivity contribution in [2.75, 3.05) is 20.3 Å². The lowest BCUT2D eigenvalue weighted by Gasteiger charge is -2.30. The Morgan fingerprint density at radius 2 is 2.17 bits per heavy atom. The summed E-state index contributed by atoms with van der Waals surface area (Å²) in [5.41, 5.74) is 5.71. The first-order valence-corrected chi connectivity index (χ1v) is 7.07. The number of methoxy groups -OCH3 is 1. The molecule has 18 heavy (non-hydrogen) atoms. The van der Waals surface area contributed by atoms with Gasteiger partial charge in [-0.3, -0.25) is 4.79 Å². The molecule has 1 aliphatic rings. The Bertz CT molecular complexity index is 256. The van der Waals surface area contributed by atoms with E-state index >= 15 is 0 Å². The van der Waals surface area contributed by atoms with Crippen LogP contribution in [0.3, 0.4) is 0 Å². The van der Waals surface area contributed by atoms with Crippen molar-refractivity contribution in [3.8, 4) is 0 Å². The number of amides is 1. The molecule has 0 aromatic heterocycles. The van der Waals surface area contributed by atoms with Crippen LogP contribution in [0.2, 0.25) is 0 Å². The molecule has 0 aromatic carbocycles. The lowest BCUT2D eigenvalue weighted by molar-refractivity contribution is -0.127. The fourth-order valence-electron chi connectivity index (χ4n) is 2.62. The van der Waals surface area contributed by atoms with Crippen LogP contribution >= 0.6 is 0 Å². The van der Waals surface area contributed by atoms with Crippen LogP contribution in [0.15, 0.2) is 0 Å². The highest BCUT2D eigenvalue weighted by Crippen LogP contribution is 2.28. The molecule has 0 heterocycles. The Morgan fingerprint density at radius 1 is 1.44 bits per heavy atom. The third-order valence-electron chi connectivity index (χ3n) is 3.97. The summed E-state index contributed by atoms with van der Waals surface area (Å²) in [6.07, 6.45) is 4.24. The maximum Gasteiger partial charge on any atom is 0.223 e. The highest BCUT2D eigenvalue weighted by Gasteiger charge is 2.28. The normalized spacial score (nSPS) is 26.1. The maximum absolute atomic E-state index is 12.2. The van der Waals surface area contributed by atoms with E-state index < -0.39 is 0 Å². The summed E-state index contributed by atoms with van der Waals surface area (Å²) in [7, 11) is 1.67. The number of nitrogens with two attached hydrogens (primary N) is 1. The van der Waals surface area contributed by atoms with E-state index in [9.17, 15) is 4.79 Å². The molecule has 1 rings (SSSR count). The molecule has 0 radical (unpaired) electrons. The number of carbonyl (C=O) groups excluding carboxylic acids is 1. The van der Waals surface area contributed by atoms with E-state index in [0.717, 1.165) is 19.3 Å². The number of carbonyl (C=O) groups is 1. The van der Waals surface area contributed by atoms with Crippen molar-refractivity contribution in [3.63, 3.8) is 0 Å². The standard InChI is InChI=1S/C14H28N2O2/c1-10(2)13(9-18-3)16-14(17)12-6-4-5-11(7-12)8-15/h10-13H,4-9,15H2,1-3H3,(H,16,17).